The van der Waals surface area contributed by atoms with E-state index < -0.39 is 11.4 Å². The first kappa shape index (κ1) is 13.0. The second-order valence-corrected chi connectivity index (χ2v) is 6.74. The van der Waals surface area contributed by atoms with Crippen LogP contribution in [0.5, 0.6) is 0 Å². The summed E-state index contributed by atoms with van der Waals surface area (Å²) in [7, 11) is 0. The maximum atomic E-state index is 12.7. The van der Waals surface area contributed by atoms with E-state index in [2.05, 4.69) is 5.32 Å². The molecule has 1 unspecified atom stereocenters. The average molecular weight is 282 g/mol. The van der Waals surface area contributed by atoms with Gasteiger partial charge in [0.1, 0.15) is 5.41 Å². The largest absolute Gasteiger partial charge is 0.331 e. The van der Waals surface area contributed by atoms with Gasteiger partial charge in [-0.3, -0.25) is 19.8 Å². The van der Waals surface area contributed by atoms with Crippen LogP contribution in [0.25, 0.3) is 0 Å². The fourth-order valence-corrected chi connectivity index (χ4v) is 4.54. The van der Waals surface area contributed by atoms with Crippen molar-refractivity contribution in [3.63, 3.8) is 0 Å². The summed E-state index contributed by atoms with van der Waals surface area (Å²) in [6.45, 7) is 0. The third-order valence-corrected chi connectivity index (χ3v) is 5.62. The van der Waals surface area contributed by atoms with E-state index in [1.54, 1.807) is 11.8 Å². The Bertz CT molecular complexity index is 426. The molecule has 0 aromatic rings. The van der Waals surface area contributed by atoms with Gasteiger partial charge in [-0.05, 0) is 25.0 Å². The van der Waals surface area contributed by atoms with E-state index in [1.807, 2.05) is 0 Å². The molecule has 2 saturated heterocycles. The second-order valence-electron chi connectivity index (χ2n) is 5.59. The van der Waals surface area contributed by atoms with Crippen LogP contribution >= 0.6 is 11.8 Å². The number of amides is 4. The molecule has 0 radical (unpaired) electrons. The lowest BCUT2D eigenvalue weighted by Gasteiger charge is -2.43. The average Bonchev–Trinajstić information content (AvgIpc) is 2.92. The molecule has 0 aromatic carbocycles. The standard InChI is InChI=1S/C13H18N2O3S/c16-10-13(5-2-1-3-6-13)11(17)15(12(18)14-10)9-4-7-19-8-9/h9H,1-8H2,(H,14,16,18). The van der Waals surface area contributed by atoms with Gasteiger partial charge in [0.05, 0.1) is 6.04 Å². The molecule has 6 heteroatoms. The number of nitrogens with one attached hydrogen (secondary N) is 1. The Morgan fingerprint density at radius 1 is 1.16 bits per heavy atom. The summed E-state index contributed by atoms with van der Waals surface area (Å²) in [5.41, 5.74) is -0.959. The van der Waals surface area contributed by atoms with Crippen LogP contribution in [-0.4, -0.2) is 40.3 Å². The van der Waals surface area contributed by atoms with Crippen molar-refractivity contribution in [3.05, 3.63) is 0 Å². The number of urea groups is 1. The number of hydrogen-bond acceptors (Lipinski definition) is 4. The van der Waals surface area contributed by atoms with Crippen LogP contribution in [0.4, 0.5) is 4.79 Å². The number of rotatable bonds is 1. The van der Waals surface area contributed by atoms with Gasteiger partial charge in [-0.1, -0.05) is 19.3 Å². The quantitative estimate of drug-likeness (QED) is 0.741. The molecule has 1 spiro atoms. The Morgan fingerprint density at radius 3 is 2.53 bits per heavy atom. The van der Waals surface area contributed by atoms with Crippen LogP contribution in [0.15, 0.2) is 0 Å². The van der Waals surface area contributed by atoms with E-state index in [1.165, 1.54) is 4.90 Å². The van der Waals surface area contributed by atoms with Crippen molar-refractivity contribution >= 4 is 29.6 Å². The molecule has 3 fully saturated rings. The molecule has 1 atom stereocenters. The van der Waals surface area contributed by atoms with Gasteiger partial charge in [-0.15, -0.1) is 0 Å². The van der Waals surface area contributed by atoms with E-state index in [0.29, 0.717) is 12.8 Å². The fraction of sp³-hybridized carbons (Fsp3) is 0.769. The van der Waals surface area contributed by atoms with Gasteiger partial charge in [-0.25, -0.2) is 4.79 Å². The van der Waals surface area contributed by atoms with Crippen molar-refractivity contribution in [1.29, 1.82) is 0 Å². The fourth-order valence-electron chi connectivity index (χ4n) is 3.35. The number of carbonyl (C=O) groups excluding carboxylic acids is 3. The molecule has 19 heavy (non-hydrogen) atoms. The molecular formula is C13H18N2O3S. The minimum atomic E-state index is -0.959. The van der Waals surface area contributed by atoms with E-state index in [-0.39, 0.29) is 17.9 Å². The summed E-state index contributed by atoms with van der Waals surface area (Å²) in [4.78, 5) is 38.2. The Hall–Kier alpha value is -1.04. The Kier molecular flexibility index (Phi) is 3.28. The molecule has 1 aliphatic carbocycles. The molecule has 2 heterocycles. The minimum Gasteiger partial charge on any atom is -0.277 e. The lowest BCUT2D eigenvalue weighted by Crippen LogP contribution is -2.66. The second kappa shape index (κ2) is 4.81. The number of imide groups is 2. The number of barbiturate groups is 1. The highest BCUT2D eigenvalue weighted by atomic mass is 32.2. The zero-order valence-electron chi connectivity index (χ0n) is 10.8. The maximum Gasteiger partial charge on any atom is 0.331 e. The molecule has 1 saturated carbocycles. The van der Waals surface area contributed by atoms with Gasteiger partial charge in [0.2, 0.25) is 11.8 Å². The minimum absolute atomic E-state index is 0.0376. The molecule has 3 rings (SSSR count). The molecular weight excluding hydrogens is 264 g/mol. The van der Waals surface area contributed by atoms with Crippen molar-refractivity contribution in [3.8, 4) is 0 Å². The van der Waals surface area contributed by atoms with Crippen molar-refractivity contribution in [1.82, 2.24) is 10.2 Å². The smallest absolute Gasteiger partial charge is 0.277 e. The molecule has 0 aromatic heterocycles. The molecule has 3 aliphatic rings. The lowest BCUT2D eigenvalue weighted by molar-refractivity contribution is -0.155. The van der Waals surface area contributed by atoms with Gasteiger partial charge in [0, 0.05) is 5.75 Å². The number of thioether (sulfide) groups is 1. The Morgan fingerprint density at radius 2 is 1.89 bits per heavy atom. The summed E-state index contributed by atoms with van der Waals surface area (Å²) in [5.74, 6) is 1.16. The van der Waals surface area contributed by atoms with Crippen LogP contribution in [0, 0.1) is 5.41 Å². The van der Waals surface area contributed by atoms with Crippen molar-refractivity contribution < 1.29 is 14.4 Å². The molecule has 5 nitrogen and oxygen atoms in total. The van der Waals surface area contributed by atoms with E-state index >= 15 is 0 Å². The normalized spacial score (nSPS) is 30.8. The predicted molar refractivity (Wildman–Crippen MR) is 71.6 cm³/mol. The summed E-state index contributed by atoms with van der Waals surface area (Å²) in [5, 5.41) is 2.42. The van der Waals surface area contributed by atoms with E-state index in [0.717, 1.165) is 37.2 Å². The van der Waals surface area contributed by atoms with E-state index in [4.69, 9.17) is 0 Å². The number of nitrogens with zero attached hydrogens (tertiary/aromatic N) is 1. The molecule has 4 amide bonds. The van der Waals surface area contributed by atoms with Gasteiger partial charge in [-0.2, -0.15) is 11.8 Å². The Balaban J connectivity index is 1.90. The monoisotopic (exact) mass is 282 g/mol. The third kappa shape index (κ3) is 1.96. The highest BCUT2D eigenvalue weighted by molar-refractivity contribution is 7.99. The van der Waals surface area contributed by atoms with Crippen LogP contribution in [0.3, 0.4) is 0 Å². The first-order valence-electron chi connectivity index (χ1n) is 6.92. The van der Waals surface area contributed by atoms with E-state index in [9.17, 15) is 14.4 Å². The molecule has 0 bridgehead atoms. The first-order chi connectivity index (χ1) is 9.15. The Labute approximate surface area is 116 Å². The van der Waals surface area contributed by atoms with Gasteiger partial charge in [0.15, 0.2) is 0 Å². The van der Waals surface area contributed by atoms with Gasteiger partial charge < -0.3 is 0 Å². The SMILES string of the molecule is O=C1NC(=O)C2(CCCCC2)C(=O)N1C1CCSC1. The summed E-state index contributed by atoms with van der Waals surface area (Å²) in [6, 6.07) is -0.553. The van der Waals surface area contributed by atoms with Crippen molar-refractivity contribution in [2.24, 2.45) is 5.41 Å². The van der Waals surface area contributed by atoms with Crippen LogP contribution < -0.4 is 5.32 Å². The van der Waals surface area contributed by atoms with Crippen LogP contribution in [-0.2, 0) is 9.59 Å². The summed E-state index contributed by atoms with van der Waals surface area (Å²) in [6.07, 6.45) is 4.85. The molecule has 2 aliphatic heterocycles. The van der Waals surface area contributed by atoms with Crippen molar-refractivity contribution in [2.75, 3.05) is 11.5 Å². The zero-order valence-corrected chi connectivity index (χ0v) is 11.6. The van der Waals surface area contributed by atoms with Gasteiger partial charge >= 0.3 is 6.03 Å². The van der Waals surface area contributed by atoms with Crippen LogP contribution in [0.1, 0.15) is 38.5 Å². The molecule has 104 valence electrons. The number of carbonyl (C=O) groups is 3. The summed E-state index contributed by atoms with van der Waals surface area (Å²) >= 11 is 1.76. The van der Waals surface area contributed by atoms with Gasteiger partial charge in [0.25, 0.3) is 0 Å². The first-order valence-corrected chi connectivity index (χ1v) is 8.07. The third-order valence-electron chi connectivity index (χ3n) is 4.48. The lowest BCUT2D eigenvalue weighted by atomic mass is 9.71. The molecule has 1 N–H and O–H groups in total. The topological polar surface area (TPSA) is 66.5 Å². The number of hydrogen-bond donors (Lipinski definition) is 1. The highest BCUT2D eigenvalue weighted by Crippen LogP contribution is 2.41. The zero-order chi connectivity index (χ0) is 13.5. The van der Waals surface area contributed by atoms with Crippen LogP contribution in [0.2, 0.25) is 0 Å². The maximum absolute atomic E-state index is 12.7. The predicted octanol–water partition coefficient (Wildman–Crippen LogP) is 1.52. The van der Waals surface area contributed by atoms with Crippen molar-refractivity contribution in [2.45, 2.75) is 44.6 Å². The highest BCUT2D eigenvalue weighted by Gasteiger charge is 2.55. The summed E-state index contributed by atoms with van der Waals surface area (Å²) < 4.78 is 0.